The molecule has 0 saturated carbocycles. The highest BCUT2D eigenvalue weighted by atomic mass is 16.5. The molecule has 4 nitrogen and oxygen atoms in total. The van der Waals surface area contributed by atoms with Crippen LogP contribution in [0.2, 0.25) is 0 Å². The Hall–Kier alpha value is -1.29. The molecular weight excluding hydrogens is 226 g/mol. The van der Waals surface area contributed by atoms with Gasteiger partial charge in [0.1, 0.15) is 0 Å². The fraction of sp³-hybridized carbons (Fsp3) is 0.643. The van der Waals surface area contributed by atoms with Crippen LogP contribution in [-0.4, -0.2) is 30.2 Å². The highest BCUT2D eigenvalue weighted by Gasteiger charge is 2.33. The number of nitrogens with one attached hydrogen (secondary N) is 2. The molecule has 1 aromatic rings. The third-order valence-corrected chi connectivity index (χ3v) is 4.06. The largest absolute Gasteiger partial charge is 0.493 e. The van der Waals surface area contributed by atoms with Crippen LogP contribution >= 0.6 is 0 Å². The van der Waals surface area contributed by atoms with Crippen LogP contribution in [0.1, 0.15) is 31.4 Å². The Balaban J connectivity index is 1.74. The highest BCUT2D eigenvalue weighted by molar-refractivity contribution is 5.56. The SMILES string of the molecule is COc1cnc(C)cc1NC1CC2CCC(C1)N2. The summed E-state index contributed by atoms with van der Waals surface area (Å²) < 4.78 is 5.37. The van der Waals surface area contributed by atoms with Crippen LogP contribution in [0.15, 0.2) is 12.3 Å². The fourth-order valence-electron chi connectivity index (χ4n) is 3.22. The standard InChI is InChI=1S/C14H21N3O/c1-9-5-13(14(18-2)8-15-9)17-12-6-10-3-4-11(7-12)16-10/h5,8,10-12,16H,3-4,6-7H2,1-2H3,(H,15,17). The summed E-state index contributed by atoms with van der Waals surface area (Å²) in [6.45, 7) is 2.01. The molecule has 2 aliphatic heterocycles. The van der Waals surface area contributed by atoms with Gasteiger partial charge >= 0.3 is 0 Å². The molecule has 4 heteroatoms. The van der Waals surface area contributed by atoms with Crippen LogP contribution < -0.4 is 15.4 Å². The van der Waals surface area contributed by atoms with Crippen LogP contribution in [0, 0.1) is 6.92 Å². The number of rotatable bonds is 3. The number of pyridine rings is 1. The van der Waals surface area contributed by atoms with Gasteiger partial charge in [0.05, 0.1) is 19.0 Å². The van der Waals surface area contributed by atoms with E-state index in [-0.39, 0.29) is 0 Å². The topological polar surface area (TPSA) is 46.2 Å². The number of hydrogen-bond donors (Lipinski definition) is 2. The Kier molecular flexibility index (Phi) is 3.12. The van der Waals surface area contributed by atoms with E-state index in [0.717, 1.165) is 17.1 Å². The quantitative estimate of drug-likeness (QED) is 0.858. The molecule has 0 spiro atoms. The first-order valence-corrected chi connectivity index (χ1v) is 6.78. The first-order chi connectivity index (χ1) is 8.74. The van der Waals surface area contributed by atoms with E-state index in [4.69, 9.17) is 4.74 Å². The van der Waals surface area contributed by atoms with Gasteiger partial charge in [0, 0.05) is 23.8 Å². The van der Waals surface area contributed by atoms with Gasteiger partial charge < -0.3 is 15.4 Å². The van der Waals surface area contributed by atoms with E-state index >= 15 is 0 Å². The zero-order chi connectivity index (χ0) is 12.5. The summed E-state index contributed by atoms with van der Waals surface area (Å²) in [6, 6.07) is 4.03. The molecule has 2 unspecified atom stereocenters. The zero-order valence-corrected chi connectivity index (χ0v) is 11.1. The van der Waals surface area contributed by atoms with Gasteiger partial charge in [0.2, 0.25) is 0 Å². The molecule has 2 saturated heterocycles. The number of hydrogen-bond acceptors (Lipinski definition) is 4. The van der Waals surface area contributed by atoms with E-state index < -0.39 is 0 Å². The van der Waals surface area contributed by atoms with Gasteiger partial charge in [-0.3, -0.25) is 4.98 Å². The van der Waals surface area contributed by atoms with E-state index in [1.54, 1.807) is 13.3 Å². The number of nitrogens with zero attached hydrogens (tertiary/aromatic N) is 1. The van der Waals surface area contributed by atoms with Crippen molar-refractivity contribution >= 4 is 5.69 Å². The predicted molar refractivity (Wildman–Crippen MR) is 72.1 cm³/mol. The van der Waals surface area contributed by atoms with Gasteiger partial charge in [-0.1, -0.05) is 0 Å². The van der Waals surface area contributed by atoms with Crippen LogP contribution in [0.4, 0.5) is 5.69 Å². The molecule has 2 aliphatic rings. The molecule has 3 heterocycles. The zero-order valence-electron chi connectivity index (χ0n) is 11.1. The minimum atomic E-state index is 0.555. The maximum Gasteiger partial charge on any atom is 0.160 e. The maximum atomic E-state index is 5.37. The van der Waals surface area contributed by atoms with Crippen molar-refractivity contribution in [3.05, 3.63) is 18.0 Å². The average molecular weight is 247 g/mol. The minimum absolute atomic E-state index is 0.555. The molecular formula is C14H21N3O. The average Bonchev–Trinajstić information content (AvgIpc) is 2.69. The molecule has 18 heavy (non-hydrogen) atoms. The third-order valence-electron chi connectivity index (χ3n) is 4.06. The Morgan fingerprint density at radius 3 is 2.72 bits per heavy atom. The first-order valence-electron chi connectivity index (χ1n) is 6.78. The van der Waals surface area contributed by atoms with Crippen molar-refractivity contribution in [2.75, 3.05) is 12.4 Å². The maximum absolute atomic E-state index is 5.37. The Morgan fingerprint density at radius 1 is 1.33 bits per heavy atom. The van der Waals surface area contributed by atoms with Gasteiger partial charge in [0.25, 0.3) is 0 Å². The highest BCUT2D eigenvalue weighted by Crippen LogP contribution is 2.31. The smallest absolute Gasteiger partial charge is 0.160 e. The molecule has 0 aromatic carbocycles. The molecule has 2 fully saturated rings. The predicted octanol–water partition coefficient (Wildman–Crippen LogP) is 2.09. The van der Waals surface area contributed by atoms with Crippen molar-refractivity contribution in [3.63, 3.8) is 0 Å². The monoisotopic (exact) mass is 247 g/mol. The van der Waals surface area contributed by atoms with Crippen molar-refractivity contribution in [3.8, 4) is 5.75 Å². The molecule has 0 aliphatic carbocycles. The number of methoxy groups -OCH3 is 1. The lowest BCUT2D eigenvalue weighted by Gasteiger charge is -2.30. The van der Waals surface area contributed by atoms with Gasteiger partial charge in [0.15, 0.2) is 5.75 Å². The Morgan fingerprint density at radius 2 is 2.06 bits per heavy atom. The van der Waals surface area contributed by atoms with E-state index in [0.29, 0.717) is 18.1 Å². The number of aromatic nitrogens is 1. The van der Waals surface area contributed by atoms with E-state index in [1.165, 1.54) is 25.7 Å². The normalized spacial score (nSPS) is 30.2. The molecule has 2 atom stereocenters. The van der Waals surface area contributed by atoms with Crippen molar-refractivity contribution in [1.29, 1.82) is 0 Å². The van der Waals surface area contributed by atoms with E-state index in [9.17, 15) is 0 Å². The third kappa shape index (κ3) is 2.29. The van der Waals surface area contributed by atoms with Crippen molar-refractivity contribution in [2.45, 2.75) is 50.7 Å². The summed E-state index contributed by atoms with van der Waals surface area (Å²) in [4.78, 5) is 4.27. The van der Waals surface area contributed by atoms with Crippen LogP contribution in [-0.2, 0) is 0 Å². The van der Waals surface area contributed by atoms with Gasteiger partial charge in [-0.2, -0.15) is 0 Å². The summed E-state index contributed by atoms with van der Waals surface area (Å²) in [7, 11) is 1.70. The molecule has 3 rings (SSSR count). The lowest BCUT2D eigenvalue weighted by molar-refractivity contribution is 0.375. The van der Waals surface area contributed by atoms with Crippen molar-refractivity contribution in [1.82, 2.24) is 10.3 Å². The summed E-state index contributed by atoms with van der Waals surface area (Å²) in [5, 5.41) is 7.30. The van der Waals surface area contributed by atoms with Gasteiger partial charge in [-0.25, -0.2) is 0 Å². The van der Waals surface area contributed by atoms with E-state index in [2.05, 4.69) is 21.7 Å². The second kappa shape index (κ2) is 4.76. The summed E-state index contributed by atoms with van der Waals surface area (Å²) in [6.07, 6.45) is 6.88. The van der Waals surface area contributed by atoms with Gasteiger partial charge in [-0.05, 0) is 38.7 Å². The fourth-order valence-corrected chi connectivity index (χ4v) is 3.22. The summed E-state index contributed by atoms with van der Waals surface area (Å²) in [5.41, 5.74) is 2.10. The lowest BCUT2D eigenvalue weighted by atomic mass is 9.99. The Labute approximate surface area is 108 Å². The van der Waals surface area contributed by atoms with Crippen LogP contribution in [0.3, 0.4) is 0 Å². The van der Waals surface area contributed by atoms with Crippen LogP contribution in [0.25, 0.3) is 0 Å². The number of ether oxygens (including phenoxy) is 1. The van der Waals surface area contributed by atoms with E-state index in [1.807, 2.05) is 6.92 Å². The number of anilines is 1. The number of aryl methyl sites for hydroxylation is 1. The number of fused-ring (bicyclic) bond motifs is 2. The molecule has 2 bridgehead atoms. The second-order valence-corrected chi connectivity index (χ2v) is 5.48. The molecule has 0 radical (unpaired) electrons. The molecule has 1 aromatic heterocycles. The molecule has 2 N–H and O–H groups in total. The van der Waals surface area contributed by atoms with Gasteiger partial charge in [-0.15, -0.1) is 0 Å². The van der Waals surface area contributed by atoms with Crippen molar-refractivity contribution in [2.24, 2.45) is 0 Å². The lowest BCUT2D eigenvalue weighted by Crippen LogP contribution is -2.43. The summed E-state index contributed by atoms with van der Waals surface area (Å²) >= 11 is 0. The van der Waals surface area contributed by atoms with Crippen molar-refractivity contribution < 1.29 is 4.74 Å². The first kappa shape index (κ1) is 11.8. The summed E-state index contributed by atoms with van der Waals surface area (Å²) in [5.74, 6) is 0.839. The Bertz CT molecular complexity index is 423. The minimum Gasteiger partial charge on any atom is -0.493 e. The number of piperidine rings is 1. The molecule has 98 valence electrons. The second-order valence-electron chi connectivity index (χ2n) is 5.48. The van der Waals surface area contributed by atoms with Crippen LogP contribution in [0.5, 0.6) is 5.75 Å². The molecule has 0 amide bonds.